The van der Waals surface area contributed by atoms with Crippen LogP contribution in [0.3, 0.4) is 0 Å². The molecule has 0 spiro atoms. The summed E-state index contributed by atoms with van der Waals surface area (Å²) in [4.78, 5) is 5.46. The fraction of sp³-hybridized carbons (Fsp3) is 0.611. The zero-order valence-corrected chi connectivity index (χ0v) is 13.4. The predicted molar refractivity (Wildman–Crippen MR) is 88.3 cm³/mol. The number of nitrogens with zero attached hydrogens (tertiary/aromatic N) is 1. The van der Waals surface area contributed by atoms with Crippen molar-refractivity contribution in [1.82, 2.24) is 0 Å². The quantitative estimate of drug-likeness (QED) is 0.474. The van der Waals surface area contributed by atoms with Gasteiger partial charge in [-0.3, -0.25) is 0 Å². The van der Waals surface area contributed by atoms with Crippen LogP contribution in [0, 0.1) is 0 Å². The van der Waals surface area contributed by atoms with E-state index in [9.17, 15) is 5.11 Å². The molecule has 1 rings (SSSR count). The molecule has 0 aromatic heterocycles. The van der Waals surface area contributed by atoms with Gasteiger partial charge in [-0.15, -0.1) is 0 Å². The van der Waals surface area contributed by atoms with Crippen LogP contribution in [0.1, 0.15) is 64.4 Å². The Morgan fingerprint density at radius 1 is 1.14 bits per heavy atom. The molecule has 0 fully saturated rings. The van der Waals surface area contributed by atoms with E-state index in [-0.39, 0.29) is 6.10 Å². The third-order valence-electron chi connectivity index (χ3n) is 3.45. The zero-order chi connectivity index (χ0) is 15.3. The molecule has 1 atom stereocenters. The minimum Gasteiger partial charge on any atom is -0.393 e. The van der Waals surface area contributed by atoms with Gasteiger partial charge in [0.15, 0.2) is 0 Å². The normalized spacial score (nSPS) is 13.2. The van der Waals surface area contributed by atoms with Gasteiger partial charge in [0.1, 0.15) is 6.61 Å². The van der Waals surface area contributed by atoms with Crippen LogP contribution in [0.15, 0.2) is 35.5 Å². The topological polar surface area (TPSA) is 41.8 Å². The molecular weight excluding hydrogens is 262 g/mol. The summed E-state index contributed by atoms with van der Waals surface area (Å²) in [5.41, 5.74) is 2.10. The van der Waals surface area contributed by atoms with Crippen molar-refractivity contribution < 1.29 is 9.94 Å². The van der Waals surface area contributed by atoms with Crippen molar-refractivity contribution >= 4 is 5.71 Å². The number of aliphatic hydroxyl groups excluding tert-OH is 1. The van der Waals surface area contributed by atoms with Crippen LogP contribution in [0.2, 0.25) is 0 Å². The molecule has 0 heterocycles. The number of aliphatic hydroxyl groups is 1. The van der Waals surface area contributed by atoms with Crippen molar-refractivity contribution in [3.05, 3.63) is 35.9 Å². The summed E-state index contributed by atoms with van der Waals surface area (Å²) in [7, 11) is 0. The van der Waals surface area contributed by atoms with Gasteiger partial charge in [0.2, 0.25) is 0 Å². The molecule has 1 unspecified atom stereocenters. The van der Waals surface area contributed by atoms with Gasteiger partial charge in [0.05, 0.1) is 11.8 Å². The Morgan fingerprint density at radius 2 is 1.86 bits per heavy atom. The standard InChI is InChI=1S/C18H29NO2/c1-3-5-12-17(14-18(20)13-6-4-2)19-21-15-16-10-8-7-9-11-16/h7-11,18,20H,3-6,12-15H2,1-2H3/b19-17+. The Balaban J connectivity index is 2.45. The molecule has 118 valence electrons. The van der Waals surface area contributed by atoms with E-state index in [2.05, 4.69) is 19.0 Å². The van der Waals surface area contributed by atoms with E-state index in [0.717, 1.165) is 49.8 Å². The van der Waals surface area contributed by atoms with E-state index in [1.807, 2.05) is 30.3 Å². The van der Waals surface area contributed by atoms with E-state index in [1.165, 1.54) is 0 Å². The van der Waals surface area contributed by atoms with Crippen LogP contribution in [0.4, 0.5) is 0 Å². The first-order valence-electron chi connectivity index (χ1n) is 8.16. The summed E-state index contributed by atoms with van der Waals surface area (Å²) in [6.07, 6.45) is 6.50. The molecule has 21 heavy (non-hydrogen) atoms. The summed E-state index contributed by atoms with van der Waals surface area (Å²) in [5.74, 6) is 0. The second kappa shape index (κ2) is 11.3. The lowest BCUT2D eigenvalue weighted by molar-refractivity contribution is 0.125. The van der Waals surface area contributed by atoms with Crippen molar-refractivity contribution in [2.24, 2.45) is 5.16 Å². The van der Waals surface area contributed by atoms with Crippen LogP contribution in [0.25, 0.3) is 0 Å². The molecular formula is C18H29NO2. The van der Waals surface area contributed by atoms with Crippen LogP contribution in [-0.2, 0) is 11.4 Å². The minimum atomic E-state index is -0.291. The number of unbranched alkanes of at least 4 members (excludes halogenated alkanes) is 2. The van der Waals surface area contributed by atoms with Crippen LogP contribution >= 0.6 is 0 Å². The van der Waals surface area contributed by atoms with Gasteiger partial charge in [-0.2, -0.15) is 0 Å². The Morgan fingerprint density at radius 3 is 2.52 bits per heavy atom. The van der Waals surface area contributed by atoms with Crippen molar-refractivity contribution in [2.45, 2.75) is 71.5 Å². The van der Waals surface area contributed by atoms with E-state index in [1.54, 1.807) is 0 Å². The molecule has 1 N–H and O–H groups in total. The molecule has 0 aliphatic heterocycles. The molecule has 0 radical (unpaired) electrons. The summed E-state index contributed by atoms with van der Waals surface area (Å²) >= 11 is 0. The summed E-state index contributed by atoms with van der Waals surface area (Å²) in [6, 6.07) is 10.0. The second-order valence-corrected chi connectivity index (χ2v) is 5.52. The molecule has 0 amide bonds. The minimum absolute atomic E-state index is 0.291. The highest BCUT2D eigenvalue weighted by atomic mass is 16.6. The number of hydrogen-bond acceptors (Lipinski definition) is 3. The SMILES string of the molecule is CCCC/C(CC(O)CCCC)=N\OCc1ccccc1. The monoisotopic (exact) mass is 291 g/mol. The molecule has 3 nitrogen and oxygen atoms in total. The fourth-order valence-corrected chi connectivity index (χ4v) is 2.15. The van der Waals surface area contributed by atoms with Gasteiger partial charge < -0.3 is 9.94 Å². The summed E-state index contributed by atoms with van der Waals surface area (Å²) in [5, 5.41) is 14.3. The molecule has 1 aromatic rings. The first-order valence-corrected chi connectivity index (χ1v) is 8.16. The maximum atomic E-state index is 10.0. The van der Waals surface area contributed by atoms with Crippen molar-refractivity contribution in [1.29, 1.82) is 0 Å². The predicted octanol–water partition coefficient (Wildman–Crippen LogP) is 4.69. The average Bonchev–Trinajstić information content (AvgIpc) is 2.51. The van der Waals surface area contributed by atoms with E-state index in [0.29, 0.717) is 13.0 Å². The lowest BCUT2D eigenvalue weighted by atomic mass is 10.0. The maximum Gasteiger partial charge on any atom is 0.142 e. The molecule has 0 bridgehead atoms. The molecule has 0 aliphatic carbocycles. The Kier molecular flexibility index (Phi) is 9.55. The third-order valence-corrected chi connectivity index (χ3v) is 3.45. The fourth-order valence-electron chi connectivity index (χ4n) is 2.15. The Hall–Kier alpha value is -1.35. The van der Waals surface area contributed by atoms with Gasteiger partial charge >= 0.3 is 0 Å². The van der Waals surface area contributed by atoms with Gasteiger partial charge in [-0.25, -0.2) is 0 Å². The average molecular weight is 291 g/mol. The highest BCUT2D eigenvalue weighted by Crippen LogP contribution is 2.10. The van der Waals surface area contributed by atoms with E-state index >= 15 is 0 Å². The third kappa shape index (κ3) is 8.51. The molecule has 0 saturated carbocycles. The van der Waals surface area contributed by atoms with Crippen molar-refractivity contribution in [3.63, 3.8) is 0 Å². The van der Waals surface area contributed by atoms with Crippen LogP contribution < -0.4 is 0 Å². The van der Waals surface area contributed by atoms with Gasteiger partial charge in [-0.05, 0) is 24.8 Å². The van der Waals surface area contributed by atoms with Crippen molar-refractivity contribution in [3.8, 4) is 0 Å². The molecule has 1 aromatic carbocycles. The van der Waals surface area contributed by atoms with Crippen LogP contribution in [0.5, 0.6) is 0 Å². The lowest BCUT2D eigenvalue weighted by Crippen LogP contribution is -2.14. The molecule has 3 heteroatoms. The van der Waals surface area contributed by atoms with Crippen molar-refractivity contribution in [2.75, 3.05) is 0 Å². The second-order valence-electron chi connectivity index (χ2n) is 5.52. The summed E-state index contributed by atoms with van der Waals surface area (Å²) < 4.78 is 0. The smallest absolute Gasteiger partial charge is 0.142 e. The first kappa shape index (κ1) is 17.7. The largest absolute Gasteiger partial charge is 0.393 e. The number of hydrogen-bond donors (Lipinski definition) is 1. The highest BCUT2D eigenvalue weighted by molar-refractivity contribution is 5.84. The summed E-state index contributed by atoms with van der Waals surface area (Å²) in [6.45, 7) is 4.79. The zero-order valence-electron chi connectivity index (χ0n) is 13.4. The van der Waals surface area contributed by atoms with E-state index < -0.39 is 0 Å². The van der Waals surface area contributed by atoms with Gasteiger partial charge in [0.25, 0.3) is 0 Å². The maximum absolute atomic E-state index is 10.0. The first-order chi connectivity index (χ1) is 10.3. The van der Waals surface area contributed by atoms with Gasteiger partial charge in [0, 0.05) is 6.42 Å². The van der Waals surface area contributed by atoms with Crippen LogP contribution in [-0.4, -0.2) is 16.9 Å². The Labute approximate surface area is 129 Å². The van der Waals surface area contributed by atoms with Gasteiger partial charge in [-0.1, -0.05) is 68.6 Å². The number of rotatable bonds is 11. The Bertz CT molecular complexity index is 389. The molecule has 0 saturated heterocycles. The molecule has 0 aliphatic rings. The number of benzene rings is 1. The van der Waals surface area contributed by atoms with E-state index in [4.69, 9.17) is 4.84 Å². The number of oxime groups is 1. The lowest BCUT2D eigenvalue weighted by Gasteiger charge is -2.12. The highest BCUT2D eigenvalue weighted by Gasteiger charge is 2.09.